The van der Waals surface area contributed by atoms with E-state index in [2.05, 4.69) is 229 Å². The van der Waals surface area contributed by atoms with E-state index in [0.717, 1.165) is 17.1 Å². The first-order valence-corrected chi connectivity index (χ1v) is 20.4. The van der Waals surface area contributed by atoms with Crippen molar-refractivity contribution >= 4 is 48.6 Å². The molecule has 0 radical (unpaired) electrons. The van der Waals surface area contributed by atoms with E-state index >= 15 is 0 Å². The Balaban J connectivity index is 1.05. The van der Waals surface area contributed by atoms with Gasteiger partial charge in [0.1, 0.15) is 0 Å². The van der Waals surface area contributed by atoms with Crippen LogP contribution in [0.1, 0.15) is 22.3 Å². The summed E-state index contributed by atoms with van der Waals surface area (Å²) in [7, 11) is 0. The highest BCUT2D eigenvalue weighted by Gasteiger charge is 2.46. The summed E-state index contributed by atoms with van der Waals surface area (Å²) in [5.41, 5.74) is 15.7. The van der Waals surface area contributed by atoms with Crippen LogP contribution in [-0.4, -0.2) is 0 Å². The average Bonchev–Trinajstić information content (AvgIpc) is 3.82. The highest BCUT2D eigenvalue weighted by Crippen LogP contribution is 2.56. The number of thiophene rings is 1. The summed E-state index contributed by atoms with van der Waals surface area (Å²) >= 11 is 1.89. The molecule has 9 aromatic carbocycles. The van der Waals surface area contributed by atoms with Crippen LogP contribution in [0, 0.1) is 0 Å². The molecular formula is C55H37NS. The molecule has 0 amide bonds. The Hall–Kier alpha value is -7.00. The van der Waals surface area contributed by atoms with E-state index in [1.807, 2.05) is 11.3 Å². The van der Waals surface area contributed by atoms with Crippen molar-refractivity contribution in [2.45, 2.75) is 5.41 Å². The highest BCUT2D eigenvalue weighted by molar-refractivity contribution is 7.26. The lowest BCUT2D eigenvalue weighted by Crippen LogP contribution is -2.28. The Morgan fingerprint density at radius 2 is 0.877 bits per heavy atom. The van der Waals surface area contributed by atoms with Crippen molar-refractivity contribution < 1.29 is 0 Å². The van der Waals surface area contributed by atoms with Gasteiger partial charge in [0.15, 0.2) is 0 Å². The molecule has 0 bridgehead atoms. The number of hydrogen-bond acceptors (Lipinski definition) is 2. The number of nitrogens with zero attached hydrogens (tertiary/aromatic N) is 1. The van der Waals surface area contributed by atoms with Gasteiger partial charge in [-0.1, -0.05) is 176 Å². The molecule has 0 spiro atoms. The van der Waals surface area contributed by atoms with Gasteiger partial charge in [-0.15, -0.1) is 11.3 Å². The number of rotatable bonds is 7. The first kappa shape index (κ1) is 33.3. The molecule has 11 rings (SSSR count). The molecular weight excluding hydrogens is 707 g/mol. The van der Waals surface area contributed by atoms with Crippen molar-refractivity contribution in [1.82, 2.24) is 0 Å². The summed E-state index contributed by atoms with van der Waals surface area (Å²) in [6.07, 6.45) is 0. The monoisotopic (exact) mass is 743 g/mol. The summed E-state index contributed by atoms with van der Waals surface area (Å²) in [5.74, 6) is 0. The van der Waals surface area contributed by atoms with Crippen LogP contribution in [-0.2, 0) is 5.41 Å². The third-order valence-electron chi connectivity index (χ3n) is 11.8. The highest BCUT2D eigenvalue weighted by atomic mass is 32.1. The maximum absolute atomic E-state index is 2.48. The van der Waals surface area contributed by atoms with E-state index in [1.54, 1.807) is 0 Å². The molecule has 1 heterocycles. The second-order valence-corrected chi connectivity index (χ2v) is 15.9. The van der Waals surface area contributed by atoms with Crippen LogP contribution in [0.2, 0.25) is 0 Å². The molecule has 0 N–H and O–H groups in total. The van der Waals surface area contributed by atoms with Gasteiger partial charge < -0.3 is 4.90 Å². The second-order valence-electron chi connectivity index (χ2n) is 14.8. The van der Waals surface area contributed by atoms with Gasteiger partial charge in [-0.05, 0) is 104 Å². The Morgan fingerprint density at radius 3 is 1.60 bits per heavy atom. The minimum Gasteiger partial charge on any atom is -0.310 e. The summed E-state index contributed by atoms with van der Waals surface area (Å²) in [6, 6.07) is 82.3. The van der Waals surface area contributed by atoms with Crippen molar-refractivity contribution in [1.29, 1.82) is 0 Å². The Labute approximate surface area is 337 Å². The molecule has 10 aromatic rings. The fourth-order valence-electron chi connectivity index (χ4n) is 9.24. The largest absolute Gasteiger partial charge is 0.310 e. The second kappa shape index (κ2) is 13.6. The third kappa shape index (κ3) is 5.37. The van der Waals surface area contributed by atoms with Gasteiger partial charge in [0.2, 0.25) is 0 Å². The van der Waals surface area contributed by atoms with Gasteiger partial charge >= 0.3 is 0 Å². The first-order chi connectivity index (χ1) is 28.3. The lowest BCUT2D eigenvalue weighted by molar-refractivity contribution is 0.770. The molecule has 0 aliphatic heterocycles. The maximum atomic E-state index is 2.48. The molecule has 57 heavy (non-hydrogen) atoms. The molecule has 0 atom stereocenters. The van der Waals surface area contributed by atoms with Gasteiger partial charge in [-0.25, -0.2) is 0 Å². The zero-order valence-corrected chi connectivity index (χ0v) is 32.0. The van der Waals surface area contributed by atoms with E-state index in [9.17, 15) is 0 Å². The van der Waals surface area contributed by atoms with Crippen molar-refractivity contribution in [2.75, 3.05) is 4.90 Å². The number of hydrogen-bond donors (Lipinski definition) is 0. The number of benzene rings is 9. The van der Waals surface area contributed by atoms with Crippen LogP contribution in [0.3, 0.4) is 0 Å². The zero-order chi connectivity index (χ0) is 37.8. The standard InChI is InChI=1S/C55H37NS/c1-4-16-38(17-5-1)39-30-33-44(34-31-39)56(43-21-8-3-9-22-43)45-23-14-18-40(36-45)46-26-15-27-49-50-37-42(32-35-53(50)57-54(46)49)55(41-19-6-2-7-20-41)51-28-12-10-24-47(51)48-25-11-13-29-52(48)55/h1-37H. The summed E-state index contributed by atoms with van der Waals surface area (Å²) in [6.45, 7) is 0. The molecule has 0 fully saturated rings. The Morgan fingerprint density at radius 1 is 0.333 bits per heavy atom. The Bertz CT molecular complexity index is 3010. The minimum atomic E-state index is -0.428. The van der Waals surface area contributed by atoms with Crippen LogP contribution >= 0.6 is 11.3 Å². The normalized spacial score (nSPS) is 12.7. The average molecular weight is 744 g/mol. The number of fused-ring (bicyclic) bond motifs is 6. The SMILES string of the molecule is c1ccc(-c2ccc(N(c3ccccc3)c3cccc(-c4cccc5c4sc4ccc(C6(c7ccccc7)c7ccccc7-c7ccccc76)cc45)c3)cc2)cc1. The van der Waals surface area contributed by atoms with Crippen LogP contribution in [0.15, 0.2) is 224 Å². The quantitative estimate of drug-likeness (QED) is 0.157. The molecule has 1 nitrogen and oxygen atoms in total. The number of para-hydroxylation sites is 1. The van der Waals surface area contributed by atoms with E-state index in [-0.39, 0.29) is 0 Å². The van der Waals surface area contributed by atoms with Gasteiger partial charge in [0, 0.05) is 37.2 Å². The molecule has 1 aliphatic carbocycles. The van der Waals surface area contributed by atoms with Gasteiger partial charge in [0.05, 0.1) is 5.41 Å². The van der Waals surface area contributed by atoms with E-state index in [1.165, 1.54) is 75.8 Å². The van der Waals surface area contributed by atoms with Crippen LogP contribution in [0.4, 0.5) is 17.1 Å². The smallest absolute Gasteiger partial charge is 0.0713 e. The van der Waals surface area contributed by atoms with Crippen molar-refractivity contribution in [2.24, 2.45) is 0 Å². The fraction of sp³-hybridized carbons (Fsp3) is 0.0182. The lowest BCUT2D eigenvalue weighted by atomic mass is 9.67. The fourth-order valence-corrected chi connectivity index (χ4v) is 10.5. The number of anilines is 3. The summed E-state index contributed by atoms with van der Waals surface area (Å²) in [4.78, 5) is 2.36. The van der Waals surface area contributed by atoms with Crippen LogP contribution in [0.5, 0.6) is 0 Å². The van der Waals surface area contributed by atoms with Gasteiger partial charge in [0.25, 0.3) is 0 Å². The maximum Gasteiger partial charge on any atom is 0.0713 e. The molecule has 2 heteroatoms. The van der Waals surface area contributed by atoms with Crippen molar-refractivity contribution in [3.8, 4) is 33.4 Å². The van der Waals surface area contributed by atoms with Crippen molar-refractivity contribution in [3.63, 3.8) is 0 Å². The predicted octanol–water partition coefficient (Wildman–Crippen LogP) is 15.2. The van der Waals surface area contributed by atoms with Gasteiger partial charge in [-0.2, -0.15) is 0 Å². The van der Waals surface area contributed by atoms with E-state index in [4.69, 9.17) is 0 Å². The Kier molecular flexibility index (Phi) is 7.98. The first-order valence-electron chi connectivity index (χ1n) is 19.6. The van der Waals surface area contributed by atoms with Crippen molar-refractivity contribution in [3.05, 3.63) is 247 Å². The summed E-state index contributed by atoms with van der Waals surface area (Å²) < 4.78 is 2.60. The lowest BCUT2D eigenvalue weighted by Gasteiger charge is -2.34. The molecule has 1 aromatic heterocycles. The van der Waals surface area contributed by atoms with Crippen LogP contribution in [0.25, 0.3) is 53.6 Å². The molecule has 268 valence electrons. The molecule has 0 saturated heterocycles. The molecule has 0 saturated carbocycles. The topological polar surface area (TPSA) is 3.24 Å². The van der Waals surface area contributed by atoms with E-state index in [0.29, 0.717) is 0 Å². The molecule has 1 aliphatic rings. The zero-order valence-electron chi connectivity index (χ0n) is 31.2. The predicted molar refractivity (Wildman–Crippen MR) is 242 cm³/mol. The third-order valence-corrected chi connectivity index (χ3v) is 13.0. The molecule has 0 unspecified atom stereocenters. The minimum absolute atomic E-state index is 0.428. The van der Waals surface area contributed by atoms with Crippen LogP contribution < -0.4 is 4.90 Å². The summed E-state index contributed by atoms with van der Waals surface area (Å²) in [5, 5.41) is 2.59. The van der Waals surface area contributed by atoms with Gasteiger partial charge in [-0.3, -0.25) is 0 Å². The van der Waals surface area contributed by atoms with E-state index < -0.39 is 5.41 Å².